The predicted octanol–water partition coefficient (Wildman–Crippen LogP) is 3.32. The maximum atomic E-state index is 13.6. The van der Waals surface area contributed by atoms with Gasteiger partial charge in [-0.15, -0.1) is 0 Å². The molecule has 1 aromatic carbocycles. The average Bonchev–Trinajstić information content (AvgIpc) is 2.21. The lowest BCUT2D eigenvalue weighted by atomic mass is 10.1. The van der Waals surface area contributed by atoms with Crippen LogP contribution >= 0.6 is 11.6 Å². The van der Waals surface area contributed by atoms with E-state index in [9.17, 15) is 9.18 Å². The van der Waals surface area contributed by atoms with Crippen LogP contribution in [0.25, 0.3) is 0 Å². The van der Waals surface area contributed by atoms with Gasteiger partial charge in [0.1, 0.15) is 11.4 Å². The lowest BCUT2D eigenvalue weighted by Crippen LogP contribution is -2.28. The predicted molar refractivity (Wildman–Crippen MR) is 67.2 cm³/mol. The summed E-state index contributed by atoms with van der Waals surface area (Å²) in [5.74, 6) is -0.686. The van der Waals surface area contributed by atoms with Crippen molar-refractivity contribution in [2.45, 2.75) is 33.0 Å². The number of hydrogen-bond acceptors (Lipinski definition) is 3. The molecule has 0 radical (unpaired) electrons. The molecule has 0 bridgehead atoms. The van der Waals surface area contributed by atoms with E-state index in [1.165, 1.54) is 6.07 Å². The van der Waals surface area contributed by atoms with Crippen LogP contribution in [0, 0.1) is 5.82 Å². The molecule has 0 atom stereocenters. The average molecular weight is 276 g/mol. The minimum atomic E-state index is -0.807. The van der Waals surface area contributed by atoms with Crippen molar-refractivity contribution in [2.24, 2.45) is 0 Å². The van der Waals surface area contributed by atoms with Crippen LogP contribution in [-0.4, -0.2) is 16.8 Å². The van der Waals surface area contributed by atoms with Gasteiger partial charge in [-0.3, -0.25) is 5.32 Å². The number of nitrogens with one attached hydrogen (secondary N) is 1. The molecule has 100 valence electrons. The third kappa shape index (κ3) is 3.85. The van der Waals surface area contributed by atoms with E-state index >= 15 is 0 Å². The van der Waals surface area contributed by atoms with Crippen molar-refractivity contribution in [3.8, 4) is 0 Å². The fraction of sp³-hybridized carbons (Fsp3) is 0.417. The second kappa shape index (κ2) is 5.54. The molecule has 0 aliphatic carbocycles. The maximum absolute atomic E-state index is 13.6. The quantitative estimate of drug-likeness (QED) is 0.870. The van der Waals surface area contributed by atoms with Crippen molar-refractivity contribution < 1.29 is 19.0 Å². The number of carbonyl (C=O) groups is 1. The summed E-state index contributed by atoms with van der Waals surface area (Å²) in [4.78, 5) is 11.5. The maximum Gasteiger partial charge on any atom is 0.412 e. The number of rotatable bonds is 2. The topological polar surface area (TPSA) is 58.6 Å². The number of aliphatic hydroxyl groups excluding tert-OH is 1. The van der Waals surface area contributed by atoms with Crippen molar-refractivity contribution in [2.75, 3.05) is 5.32 Å². The Morgan fingerprint density at radius 1 is 1.50 bits per heavy atom. The first-order valence-corrected chi connectivity index (χ1v) is 5.70. The van der Waals surface area contributed by atoms with Gasteiger partial charge >= 0.3 is 6.09 Å². The molecule has 4 nitrogen and oxygen atoms in total. The molecule has 0 aliphatic heterocycles. The molecule has 0 spiro atoms. The second-order valence-electron chi connectivity index (χ2n) is 4.67. The van der Waals surface area contributed by atoms with Crippen molar-refractivity contribution >= 4 is 23.4 Å². The molecule has 1 aromatic rings. The number of amides is 1. The highest BCUT2D eigenvalue weighted by Crippen LogP contribution is 2.28. The van der Waals surface area contributed by atoms with Gasteiger partial charge in [0.15, 0.2) is 0 Å². The van der Waals surface area contributed by atoms with Gasteiger partial charge < -0.3 is 9.84 Å². The zero-order valence-corrected chi connectivity index (χ0v) is 11.1. The Labute approximate surface area is 110 Å². The van der Waals surface area contributed by atoms with Gasteiger partial charge in [-0.05, 0) is 32.9 Å². The second-order valence-corrected chi connectivity index (χ2v) is 5.07. The van der Waals surface area contributed by atoms with Gasteiger partial charge in [0, 0.05) is 10.6 Å². The van der Waals surface area contributed by atoms with Crippen LogP contribution in [0.1, 0.15) is 26.3 Å². The highest BCUT2D eigenvalue weighted by Gasteiger charge is 2.19. The summed E-state index contributed by atoms with van der Waals surface area (Å²) in [5.41, 5.74) is -0.750. The monoisotopic (exact) mass is 275 g/mol. The highest BCUT2D eigenvalue weighted by molar-refractivity contribution is 6.31. The fourth-order valence-electron chi connectivity index (χ4n) is 1.29. The van der Waals surface area contributed by atoms with Gasteiger partial charge in [0.2, 0.25) is 0 Å². The SMILES string of the molecule is CC(C)(C)OC(=O)Nc1c(F)ccc(Cl)c1CO. The molecule has 2 N–H and O–H groups in total. The number of anilines is 1. The van der Waals surface area contributed by atoms with E-state index in [1.54, 1.807) is 20.8 Å². The van der Waals surface area contributed by atoms with Crippen LogP contribution < -0.4 is 5.32 Å². The Bertz CT molecular complexity index is 457. The molecule has 6 heteroatoms. The summed E-state index contributed by atoms with van der Waals surface area (Å²) in [7, 11) is 0. The van der Waals surface area contributed by atoms with Crippen LogP contribution in [-0.2, 0) is 11.3 Å². The summed E-state index contributed by atoms with van der Waals surface area (Å²) < 4.78 is 18.6. The zero-order chi connectivity index (χ0) is 13.9. The first kappa shape index (κ1) is 14.7. The molecule has 0 saturated carbocycles. The van der Waals surface area contributed by atoms with Gasteiger partial charge in [0.05, 0.1) is 12.3 Å². The first-order valence-electron chi connectivity index (χ1n) is 5.32. The first-order chi connectivity index (χ1) is 8.24. The van der Waals surface area contributed by atoms with Gasteiger partial charge in [-0.1, -0.05) is 11.6 Å². The number of ether oxygens (including phenoxy) is 1. The van der Waals surface area contributed by atoms with E-state index in [-0.39, 0.29) is 16.3 Å². The molecule has 0 saturated heterocycles. The Morgan fingerprint density at radius 2 is 2.11 bits per heavy atom. The van der Waals surface area contributed by atoms with Gasteiger partial charge in [0.25, 0.3) is 0 Å². The Kier molecular flexibility index (Phi) is 4.53. The molecule has 0 fully saturated rings. The van der Waals surface area contributed by atoms with E-state index in [0.29, 0.717) is 0 Å². The lowest BCUT2D eigenvalue weighted by Gasteiger charge is -2.20. The van der Waals surface area contributed by atoms with E-state index in [0.717, 1.165) is 6.07 Å². The molecule has 0 heterocycles. The summed E-state index contributed by atoms with van der Waals surface area (Å²) in [5, 5.41) is 11.5. The Morgan fingerprint density at radius 3 is 2.61 bits per heavy atom. The van der Waals surface area contributed by atoms with Crippen LogP contribution in [0.4, 0.5) is 14.9 Å². The minimum absolute atomic E-state index is 0.113. The molecule has 1 rings (SSSR count). The van der Waals surface area contributed by atoms with Crippen molar-refractivity contribution in [3.05, 3.63) is 28.5 Å². The van der Waals surface area contributed by atoms with Crippen LogP contribution in [0.15, 0.2) is 12.1 Å². The van der Waals surface area contributed by atoms with Crippen molar-refractivity contribution in [3.63, 3.8) is 0 Å². The third-order valence-corrected chi connectivity index (χ3v) is 2.34. The molecule has 0 unspecified atom stereocenters. The largest absolute Gasteiger partial charge is 0.444 e. The number of aliphatic hydroxyl groups is 1. The zero-order valence-electron chi connectivity index (χ0n) is 10.4. The Balaban J connectivity index is 2.97. The molecular weight excluding hydrogens is 261 g/mol. The smallest absolute Gasteiger partial charge is 0.412 e. The summed E-state index contributed by atoms with van der Waals surface area (Å²) in [6, 6.07) is 2.41. The van der Waals surface area contributed by atoms with Crippen LogP contribution in [0.3, 0.4) is 0 Å². The molecule has 18 heavy (non-hydrogen) atoms. The third-order valence-electron chi connectivity index (χ3n) is 1.99. The van der Waals surface area contributed by atoms with E-state index in [1.807, 2.05) is 0 Å². The van der Waals surface area contributed by atoms with Crippen molar-refractivity contribution in [1.82, 2.24) is 0 Å². The van der Waals surface area contributed by atoms with Gasteiger partial charge in [-0.25, -0.2) is 9.18 Å². The van der Waals surface area contributed by atoms with E-state index < -0.39 is 24.1 Å². The highest BCUT2D eigenvalue weighted by atomic mass is 35.5. The van der Waals surface area contributed by atoms with E-state index in [2.05, 4.69) is 5.32 Å². The molecule has 1 amide bonds. The molecule has 0 aliphatic rings. The molecular formula is C12H15ClFNO3. The lowest BCUT2D eigenvalue weighted by molar-refractivity contribution is 0.0635. The number of halogens is 2. The van der Waals surface area contributed by atoms with E-state index in [4.69, 9.17) is 21.4 Å². The number of carbonyl (C=O) groups excluding carboxylic acids is 1. The summed E-state index contributed by atoms with van der Waals surface area (Å²) >= 11 is 5.80. The summed E-state index contributed by atoms with van der Waals surface area (Å²) in [6.07, 6.45) is -0.807. The standard InChI is InChI=1S/C12H15ClFNO3/c1-12(2,3)18-11(17)15-10-7(6-16)8(13)4-5-9(10)14/h4-5,16H,6H2,1-3H3,(H,15,17). The normalized spacial score (nSPS) is 11.2. The summed E-state index contributed by atoms with van der Waals surface area (Å²) in [6.45, 7) is 4.58. The fourth-order valence-corrected chi connectivity index (χ4v) is 1.51. The van der Waals surface area contributed by atoms with Crippen LogP contribution in [0.2, 0.25) is 5.02 Å². The Hall–Kier alpha value is -1.33. The van der Waals surface area contributed by atoms with Gasteiger partial charge in [-0.2, -0.15) is 0 Å². The number of hydrogen-bond donors (Lipinski definition) is 2. The van der Waals surface area contributed by atoms with Crippen LogP contribution in [0.5, 0.6) is 0 Å². The minimum Gasteiger partial charge on any atom is -0.444 e. The van der Waals surface area contributed by atoms with Crippen molar-refractivity contribution in [1.29, 1.82) is 0 Å². The molecule has 0 aromatic heterocycles. The number of benzene rings is 1.